The molecule has 1 aliphatic heterocycles. The van der Waals surface area contributed by atoms with Crippen molar-refractivity contribution in [2.75, 3.05) is 0 Å². The average molecular weight is 138 g/mol. The maximum absolute atomic E-state index is 10.5. The van der Waals surface area contributed by atoms with E-state index in [0.29, 0.717) is 5.57 Å². The van der Waals surface area contributed by atoms with E-state index in [0.717, 1.165) is 0 Å². The molecule has 1 rings (SSSR count). The van der Waals surface area contributed by atoms with Crippen LogP contribution in [0.4, 0.5) is 0 Å². The first kappa shape index (κ1) is 6.67. The lowest BCUT2D eigenvalue weighted by atomic mass is 10.1. The van der Waals surface area contributed by atoms with Crippen LogP contribution in [0, 0.1) is 0 Å². The number of hydrogen-bond donors (Lipinski definition) is 1. The Morgan fingerprint density at radius 3 is 2.80 bits per heavy atom. The Labute approximate surface area is 57.4 Å². The fraction of sp³-hybridized carbons (Fsp3) is 0.167. The van der Waals surface area contributed by atoms with Crippen LogP contribution in [0.2, 0.25) is 0 Å². The second kappa shape index (κ2) is 2.43. The minimum absolute atomic E-state index is 0.0336. The average Bonchev–Trinajstić information content (AvgIpc) is 1.88. The molecule has 0 aromatic heterocycles. The Morgan fingerprint density at radius 1 is 1.70 bits per heavy atom. The third-order valence-electron chi connectivity index (χ3n) is 1.15. The fourth-order valence-electron chi connectivity index (χ4n) is 0.647. The second-order valence-electron chi connectivity index (χ2n) is 1.90. The lowest BCUT2D eigenvalue weighted by Gasteiger charge is -2.00. The van der Waals surface area contributed by atoms with Crippen LogP contribution in [0.15, 0.2) is 16.6 Å². The molecule has 4 nitrogen and oxygen atoms in total. The number of dihydropyridines is 1. The van der Waals surface area contributed by atoms with Gasteiger partial charge in [0.15, 0.2) is 0 Å². The van der Waals surface area contributed by atoms with Gasteiger partial charge in [0.05, 0.1) is 6.42 Å². The highest BCUT2D eigenvalue weighted by atomic mass is 16.2. The van der Waals surface area contributed by atoms with Crippen molar-refractivity contribution in [1.82, 2.24) is 0 Å². The van der Waals surface area contributed by atoms with Gasteiger partial charge in [0.1, 0.15) is 0 Å². The van der Waals surface area contributed by atoms with Crippen molar-refractivity contribution in [2.45, 2.75) is 6.42 Å². The highest BCUT2D eigenvalue weighted by molar-refractivity contribution is 6.05. The van der Waals surface area contributed by atoms with E-state index in [1.165, 1.54) is 12.3 Å². The molecule has 0 aromatic carbocycles. The van der Waals surface area contributed by atoms with Crippen molar-refractivity contribution in [2.24, 2.45) is 10.7 Å². The molecule has 4 heteroatoms. The fourth-order valence-corrected chi connectivity index (χ4v) is 0.647. The van der Waals surface area contributed by atoms with E-state index in [1.54, 1.807) is 0 Å². The van der Waals surface area contributed by atoms with Crippen LogP contribution in [0.1, 0.15) is 6.42 Å². The molecule has 0 aliphatic carbocycles. The van der Waals surface area contributed by atoms with Crippen molar-refractivity contribution < 1.29 is 9.59 Å². The first-order valence-electron chi connectivity index (χ1n) is 2.76. The Bertz CT molecular complexity index is 240. The van der Waals surface area contributed by atoms with Gasteiger partial charge in [-0.1, -0.05) is 0 Å². The summed E-state index contributed by atoms with van der Waals surface area (Å²) < 4.78 is 0. The maximum Gasteiger partial charge on any atom is 0.250 e. The zero-order valence-electron chi connectivity index (χ0n) is 5.20. The van der Waals surface area contributed by atoms with E-state index in [9.17, 15) is 9.59 Å². The molecule has 1 aliphatic rings. The largest absolute Gasteiger partial charge is 0.366 e. The number of nitrogens with zero attached hydrogens (tertiary/aromatic N) is 1. The molecular formula is C6H6N2O2. The van der Waals surface area contributed by atoms with Gasteiger partial charge in [-0.3, -0.25) is 9.59 Å². The van der Waals surface area contributed by atoms with E-state index in [1.807, 2.05) is 0 Å². The van der Waals surface area contributed by atoms with Gasteiger partial charge in [-0.15, -0.1) is 0 Å². The van der Waals surface area contributed by atoms with E-state index in [4.69, 9.17) is 5.73 Å². The molecule has 10 heavy (non-hydrogen) atoms. The minimum Gasteiger partial charge on any atom is -0.366 e. The second-order valence-corrected chi connectivity index (χ2v) is 1.90. The van der Waals surface area contributed by atoms with Gasteiger partial charge >= 0.3 is 0 Å². The topological polar surface area (TPSA) is 72.5 Å². The summed E-state index contributed by atoms with van der Waals surface area (Å²) in [5.74, 6) is -0.879. The summed E-state index contributed by atoms with van der Waals surface area (Å²) in [6.45, 7) is 0. The van der Waals surface area contributed by atoms with Crippen LogP contribution in [0.5, 0.6) is 0 Å². The monoisotopic (exact) mass is 138 g/mol. The Balaban J connectivity index is 2.80. The molecule has 0 aromatic rings. The van der Waals surface area contributed by atoms with E-state index in [2.05, 4.69) is 4.99 Å². The first-order chi connectivity index (χ1) is 4.70. The van der Waals surface area contributed by atoms with E-state index >= 15 is 0 Å². The molecule has 0 bridgehead atoms. The maximum atomic E-state index is 10.5. The van der Waals surface area contributed by atoms with Gasteiger partial charge in [-0.2, -0.15) is 0 Å². The minimum atomic E-state index is -0.556. The molecule has 0 atom stereocenters. The van der Waals surface area contributed by atoms with Crippen LogP contribution in [-0.4, -0.2) is 18.0 Å². The highest BCUT2D eigenvalue weighted by Crippen LogP contribution is 2.04. The molecule has 0 fully saturated rings. The van der Waals surface area contributed by atoms with Crippen molar-refractivity contribution >= 4 is 18.0 Å². The highest BCUT2D eigenvalue weighted by Gasteiger charge is 2.11. The first-order valence-corrected chi connectivity index (χ1v) is 2.76. The smallest absolute Gasteiger partial charge is 0.250 e. The Hall–Kier alpha value is -1.45. The Kier molecular flexibility index (Phi) is 1.62. The molecule has 0 unspecified atom stereocenters. The normalized spacial score (nSPS) is 16.8. The van der Waals surface area contributed by atoms with Crippen LogP contribution in [0.25, 0.3) is 0 Å². The number of aliphatic imine (C=N–C) groups is 1. The molecule has 0 spiro atoms. The zero-order valence-corrected chi connectivity index (χ0v) is 5.20. The molecule has 52 valence electrons. The van der Waals surface area contributed by atoms with Crippen molar-refractivity contribution in [3.05, 3.63) is 11.6 Å². The van der Waals surface area contributed by atoms with Crippen molar-refractivity contribution in [3.63, 3.8) is 0 Å². The summed E-state index contributed by atoms with van der Waals surface area (Å²) in [5, 5.41) is 0. The van der Waals surface area contributed by atoms with Crippen LogP contribution in [-0.2, 0) is 9.59 Å². The molecule has 0 saturated carbocycles. The van der Waals surface area contributed by atoms with Crippen LogP contribution >= 0.6 is 0 Å². The predicted octanol–water partition coefficient (Wildman–Crippen LogP) is -0.601. The molecule has 0 saturated heterocycles. The number of carbonyl (C=O) groups is 2. The van der Waals surface area contributed by atoms with Gasteiger partial charge in [-0.25, -0.2) is 4.99 Å². The van der Waals surface area contributed by atoms with Gasteiger partial charge in [0.25, 0.3) is 0 Å². The van der Waals surface area contributed by atoms with E-state index in [-0.39, 0.29) is 12.3 Å². The molecule has 0 radical (unpaired) electrons. The number of amides is 2. The summed E-state index contributed by atoms with van der Waals surface area (Å²) in [4.78, 5) is 24.4. The van der Waals surface area contributed by atoms with Gasteiger partial charge in [0.2, 0.25) is 11.8 Å². The number of primary amides is 1. The summed E-state index contributed by atoms with van der Waals surface area (Å²) in [6, 6.07) is 0. The summed E-state index contributed by atoms with van der Waals surface area (Å²) in [5.41, 5.74) is 5.23. The van der Waals surface area contributed by atoms with Gasteiger partial charge in [0, 0.05) is 11.8 Å². The van der Waals surface area contributed by atoms with E-state index < -0.39 is 5.91 Å². The lowest BCUT2D eigenvalue weighted by molar-refractivity contribution is -0.120. The molecule has 1 heterocycles. The molecule has 2 amide bonds. The standard InChI is InChI=1S/C6H6N2O2/c7-6(10)4-1-2-8-5(9)3-4/h1-2H,3H2,(H2,7,10). The summed E-state index contributed by atoms with van der Waals surface area (Å²) in [6.07, 6.45) is 2.77. The third-order valence-corrected chi connectivity index (χ3v) is 1.15. The van der Waals surface area contributed by atoms with Crippen LogP contribution in [0.3, 0.4) is 0 Å². The number of rotatable bonds is 1. The van der Waals surface area contributed by atoms with Crippen LogP contribution < -0.4 is 5.73 Å². The Morgan fingerprint density at radius 2 is 2.40 bits per heavy atom. The SMILES string of the molecule is NC(=O)C1=CC=NC(=O)C1. The zero-order chi connectivity index (χ0) is 7.56. The number of hydrogen-bond acceptors (Lipinski definition) is 2. The summed E-state index contributed by atoms with van der Waals surface area (Å²) >= 11 is 0. The number of allylic oxidation sites excluding steroid dienone is 1. The summed E-state index contributed by atoms with van der Waals surface area (Å²) in [7, 11) is 0. The lowest BCUT2D eigenvalue weighted by Crippen LogP contribution is -2.18. The van der Waals surface area contributed by atoms with Crippen molar-refractivity contribution in [3.8, 4) is 0 Å². The third kappa shape index (κ3) is 1.28. The predicted molar refractivity (Wildman–Crippen MR) is 35.4 cm³/mol. The van der Waals surface area contributed by atoms with Gasteiger partial charge in [-0.05, 0) is 6.08 Å². The molecular weight excluding hydrogens is 132 g/mol. The molecule has 2 N–H and O–H groups in total. The number of nitrogens with two attached hydrogens (primary N) is 1. The van der Waals surface area contributed by atoms with Crippen molar-refractivity contribution in [1.29, 1.82) is 0 Å². The number of carbonyl (C=O) groups excluding carboxylic acids is 2. The quantitative estimate of drug-likeness (QED) is 0.525. The van der Waals surface area contributed by atoms with Gasteiger partial charge < -0.3 is 5.73 Å².